The van der Waals surface area contributed by atoms with E-state index in [0.29, 0.717) is 19.6 Å². The number of carboxylic acids is 1. The Morgan fingerprint density at radius 1 is 1.00 bits per heavy atom. The number of aliphatic carboxylic acids is 1. The summed E-state index contributed by atoms with van der Waals surface area (Å²) < 4.78 is 5.53. The van der Waals surface area contributed by atoms with Crippen LogP contribution in [0.15, 0.2) is 72.8 Å². The molecule has 0 radical (unpaired) electrons. The van der Waals surface area contributed by atoms with E-state index in [-0.39, 0.29) is 6.42 Å². The largest absolute Gasteiger partial charge is 0.481 e. The number of carboxylic acid groups (broad SMARTS) is 1. The third-order valence-electron chi connectivity index (χ3n) is 3.95. The van der Waals surface area contributed by atoms with Crippen molar-refractivity contribution in [1.82, 2.24) is 0 Å². The van der Waals surface area contributed by atoms with Crippen LogP contribution in [0, 0.1) is 5.92 Å². The van der Waals surface area contributed by atoms with E-state index in [1.807, 2.05) is 60.7 Å². The SMILES string of the molecule is O=C(O)[C@@H](C/C=C\COCc1ccccc1)C[C@@H](O)c1ccccc1. The van der Waals surface area contributed by atoms with Crippen LogP contribution in [0.3, 0.4) is 0 Å². The van der Waals surface area contributed by atoms with Crippen LogP contribution in [0.5, 0.6) is 0 Å². The molecule has 2 aromatic rings. The molecule has 0 aromatic heterocycles. The summed E-state index contributed by atoms with van der Waals surface area (Å²) in [6, 6.07) is 19.0. The molecular weight excluding hydrogens is 316 g/mol. The maximum atomic E-state index is 11.4. The van der Waals surface area contributed by atoms with Gasteiger partial charge in [-0.3, -0.25) is 4.79 Å². The summed E-state index contributed by atoms with van der Waals surface area (Å²) in [7, 11) is 0. The van der Waals surface area contributed by atoms with Gasteiger partial charge in [-0.2, -0.15) is 0 Å². The van der Waals surface area contributed by atoms with E-state index in [9.17, 15) is 15.0 Å². The number of rotatable bonds is 10. The number of hydrogen-bond donors (Lipinski definition) is 2. The molecule has 0 aliphatic heterocycles. The Labute approximate surface area is 148 Å². The molecular formula is C21H24O4. The lowest BCUT2D eigenvalue weighted by Crippen LogP contribution is -2.16. The van der Waals surface area contributed by atoms with Crippen molar-refractivity contribution in [2.75, 3.05) is 6.61 Å². The van der Waals surface area contributed by atoms with Gasteiger partial charge in [0, 0.05) is 0 Å². The molecule has 0 spiro atoms. The van der Waals surface area contributed by atoms with E-state index < -0.39 is 18.0 Å². The molecule has 0 heterocycles. The summed E-state index contributed by atoms with van der Waals surface area (Å²) in [5.41, 5.74) is 1.84. The number of ether oxygens (including phenoxy) is 1. The van der Waals surface area contributed by atoms with Crippen LogP contribution in [-0.2, 0) is 16.1 Å². The first-order valence-electron chi connectivity index (χ1n) is 8.39. The molecule has 0 aliphatic carbocycles. The molecule has 0 fully saturated rings. The second-order valence-corrected chi connectivity index (χ2v) is 5.91. The highest BCUT2D eigenvalue weighted by molar-refractivity contribution is 5.70. The van der Waals surface area contributed by atoms with Crippen LogP contribution < -0.4 is 0 Å². The summed E-state index contributed by atoms with van der Waals surface area (Å²) in [5, 5.41) is 19.5. The number of benzene rings is 2. The molecule has 0 aliphatic rings. The van der Waals surface area contributed by atoms with Gasteiger partial charge in [0.25, 0.3) is 0 Å². The van der Waals surface area contributed by atoms with Gasteiger partial charge in [0.2, 0.25) is 0 Å². The van der Waals surface area contributed by atoms with Crippen molar-refractivity contribution in [3.05, 3.63) is 83.9 Å². The quantitative estimate of drug-likeness (QED) is 0.507. The predicted molar refractivity (Wildman–Crippen MR) is 97.0 cm³/mol. The number of allylic oxidation sites excluding steroid dienone is 1. The first-order chi connectivity index (χ1) is 12.2. The highest BCUT2D eigenvalue weighted by atomic mass is 16.5. The molecule has 4 heteroatoms. The molecule has 4 nitrogen and oxygen atoms in total. The highest BCUT2D eigenvalue weighted by Gasteiger charge is 2.21. The Bertz CT molecular complexity index is 652. The fourth-order valence-electron chi connectivity index (χ4n) is 2.53. The molecule has 132 valence electrons. The average Bonchev–Trinajstić information content (AvgIpc) is 2.64. The second kappa shape index (κ2) is 10.4. The number of hydrogen-bond acceptors (Lipinski definition) is 3. The molecule has 2 rings (SSSR count). The van der Waals surface area contributed by atoms with Crippen molar-refractivity contribution < 1.29 is 19.7 Å². The highest BCUT2D eigenvalue weighted by Crippen LogP contribution is 2.23. The van der Waals surface area contributed by atoms with Crippen LogP contribution in [0.25, 0.3) is 0 Å². The lowest BCUT2D eigenvalue weighted by molar-refractivity contribution is -0.142. The van der Waals surface area contributed by atoms with Crippen LogP contribution in [-0.4, -0.2) is 22.8 Å². The molecule has 2 aromatic carbocycles. The summed E-state index contributed by atoms with van der Waals surface area (Å²) >= 11 is 0. The van der Waals surface area contributed by atoms with Crippen molar-refractivity contribution in [2.24, 2.45) is 5.92 Å². The zero-order valence-electron chi connectivity index (χ0n) is 14.1. The molecule has 0 bridgehead atoms. The van der Waals surface area contributed by atoms with Crippen LogP contribution in [0.2, 0.25) is 0 Å². The van der Waals surface area contributed by atoms with E-state index in [4.69, 9.17) is 4.74 Å². The Balaban J connectivity index is 1.74. The minimum absolute atomic E-state index is 0.189. The minimum Gasteiger partial charge on any atom is -0.481 e. The van der Waals surface area contributed by atoms with E-state index in [1.54, 1.807) is 12.1 Å². The number of aliphatic hydroxyl groups is 1. The summed E-state index contributed by atoms with van der Waals surface area (Å²) in [4.78, 5) is 11.4. The van der Waals surface area contributed by atoms with Gasteiger partial charge < -0.3 is 14.9 Å². The van der Waals surface area contributed by atoms with Gasteiger partial charge in [0.05, 0.1) is 25.2 Å². The molecule has 0 saturated carbocycles. The topological polar surface area (TPSA) is 66.8 Å². The maximum Gasteiger partial charge on any atom is 0.306 e. The normalized spacial score (nSPS) is 13.6. The van der Waals surface area contributed by atoms with Gasteiger partial charge in [0.1, 0.15) is 0 Å². The summed E-state index contributed by atoms with van der Waals surface area (Å²) in [6.45, 7) is 0.961. The summed E-state index contributed by atoms with van der Waals surface area (Å²) in [6.07, 6.45) is 3.42. The zero-order valence-corrected chi connectivity index (χ0v) is 14.1. The van der Waals surface area contributed by atoms with E-state index in [1.165, 1.54) is 0 Å². The van der Waals surface area contributed by atoms with Gasteiger partial charge in [-0.25, -0.2) is 0 Å². The summed E-state index contributed by atoms with van der Waals surface area (Å²) in [5.74, 6) is -1.52. The molecule has 0 amide bonds. The van der Waals surface area contributed by atoms with Gasteiger partial charge in [-0.05, 0) is 24.0 Å². The van der Waals surface area contributed by atoms with Crippen LogP contribution in [0.1, 0.15) is 30.1 Å². The average molecular weight is 340 g/mol. The van der Waals surface area contributed by atoms with Gasteiger partial charge in [0.15, 0.2) is 0 Å². The van der Waals surface area contributed by atoms with E-state index in [2.05, 4.69) is 0 Å². The van der Waals surface area contributed by atoms with Crippen LogP contribution >= 0.6 is 0 Å². The molecule has 2 atom stereocenters. The molecule has 25 heavy (non-hydrogen) atoms. The van der Waals surface area contributed by atoms with Crippen LogP contribution in [0.4, 0.5) is 0 Å². The van der Waals surface area contributed by atoms with Gasteiger partial charge in [-0.15, -0.1) is 0 Å². The Kier molecular flexibility index (Phi) is 7.89. The van der Waals surface area contributed by atoms with Gasteiger partial charge >= 0.3 is 5.97 Å². The third kappa shape index (κ3) is 6.91. The zero-order chi connectivity index (χ0) is 17.9. The van der Waals surface area contributed by atoms with Crippen molar-refractivity contribution in [3.8, 4) is 0 Å². The van der Waals surface area contributed by atoms with Crippen molar-refractivity contribution in [1.29, 1.82) is 0 Å². The lowest BCUT2D eigenvalue weighted by atomic mass is 9.94. The van der Waals surface area contributed by atoms with Crippen molar-refractivity contribution in [2.45, 2.75) is 25.6 Å². The smallest absolute Gasteiger partial charge is 0.306 e. The van der Waals surface area contributed by atoms with E-state index >= 15 is 0 Å². The number of carbonyl (C=O) groups is 1. The first kappa shape index (κ1) is 18.9. The molecule has 2 N–H and O–H groups in total. The molecule has 0 unspecified atom stereocenters. The monoisotopic (exact) mass is 340 g/mol. The first-order valence-corrected chi connectivity index (χ1v) is 8.39. The maximum absolute atomic E-state index is 11.4. The lowest BCUT2D eigenvalue weighted by Gasteiger charge is -2.15. The van der Waals surface area contributed by atoms with E-state index in [0.717, 1.165) is 11.1 Å². The predicted octanol–water partition coefficient (Wildman–Crippen LogP) is 3.97. The Morgan fingerprint density at radius 3 is 2.28 bits per heavy atom. The Hall–Kier alpha value is -2.43. The minimum atomic E-state index is -0.898. The number of aliphatic hydroxyl groups excluding tert-OH is 1. The fraction of sp³-hybridized carbons (Fsp3) is 0.286. The molecule has 0 saturated heterocycles. The standard InChI is InChI=1S/C21H24O4/c22-20(18-11-5-2-6-12-18)15-19(21(23)24)13-7-8-14-25-16-17-9-3-1-4-10-17/h1-12,19-20,22H,13-16H2,(H,23,24)/b8-7-/t19-,20+/m0/s1. The van der Waals surface area contributed by atoms with Crippen molar-refractivity contribution in [3.63, 3.8) is 0 Å². The fourth-order valence-corrected chi connectivity index (χ4v) is 2.53. The second-order valence-electron chi connectivity index (χ2n) is 5.91. The van der Waals surface area contributed by atoms with Crippen molar-refractivity contribution >= 4 is 5.97 Å². The van der Waals surface area contributed by atoms with Gasteiger partial charge in [-0.1, -0.05) is 72.8 Å². The third-order valence-corrected chi connectivity index (χ3v) is 3.95. The Morgan fingerprint density at radius 2 is 1.64 bits per heavy atom.